The number of aromatic nitrogens is 1. The maximum absolute atomic E-state index is 12.2. The molecule has 1 amide bonds. The van der Waals surface area contributed by atoms with Crippen molar-refractivity contribution in [2.24, 2.45) is 0 Å². The van der Waals surface area contributed by atoms with E-state index in [1.165, 1.54) is 4.88 Å². The highest BCUT2D eigenvalue weighted by Crippen LogP contribution is 2.17. The molecule has 0 radical (unpaired) electrons. The Balaban J connectivity index is 1.58. The molecular weight excluding hydrogens is 310 g/mol. The van der Waals surface area contributed by atoms with E-state index >= 15 is 0 Å². The molecule has 5 nitrogen and oxygen atoms in total. The second kappa shape index (κ2) is 7.11. The quantitative estimate of drug-likeness (QED) is 0.726. The smallest absolute Gasteiger partial charge is 0.251 e. The lowest BCUT2D eigenvalue weighted by Gasteiger charge is -2.07. The Morgan fingerprint density at radius 2 is 2.17 bits per heavy atom. The number of carbonyl (C=O) groups excluding carboxylic acids is 1. The number of amides is 1. The zero-order valence-electron chi connectivity index (χ0n) is 12.7. The summed E-state index contributed by atoms with van der Waals surface area (Å²) in [6, 6.07) is 11.2. The average Bonchev–Trinajstić information content (AvgIpc) is 3.22. The third kappa shape index (κ3) is 4.20. The first-order chi connectivity index (χ1) is 11.2. The van der Waals surface area contributed by atoms with Gasteiger partial charge >= 0.3 is 0 Å². The zero-order chi connectivity index (χ0) is 16.1. The molecule has 118 valence electrons. The van der Waals surface area contributed by atoms with Gasteiger partial charge in [-0.25, -0.2) is 4.98 Å². The third-order valence-electron chi connectivity index (χ3n) is 3.26. The number of thiazole rings is 1. The number of furan rings is 1. The number of hydrogen-bond donors (Lipinski definition) is 2. The SMILES string of the molecule is Cc1cnc(NCc2cccc(C(=O)NCc3ccco3)c2)s1. The molecule has 23 heavy (non-hydrogen) atoms. The summed E-state index contributed by atoms with van der Waals surface area (Å²) in [4.78, 5) is 17.6. The van der Waals surface area contributed by atoms with Crippen molar-refractivity contribution < 1.29 is 9.21 Å². The van der Waals surface area contributed by atoms with Crippen LogP contribution in [0, 0.1) is 6.92 Å². The van der Waals surface area contributed by atoms with Crippen LogP contribution in [0.4, 0.5) is 5.13 Å². The summed E-state index contributed by atoms with van der Waals surface area (Å²) in [5.74, 6) is 0.614. The number of nitrogens with zero attached hydrogens (tertiary/aromatic N) is 1. The monoisotopic (exact) mass is 327 g/mol. The van der Waals surface area contributed by atoms with Crippen molar-refractivity contribution in [2.45, 2.75) is 20.0 Å². The van der Waals surface area contributed by atoms with E-state index in [1.54, 1.807) is 29.7 Å². The Kier molecular flexibility index (Phi) is 4.73. The summed E-state index contributed by atoms with van der Waals surface area (Å²) in [5.41, 5.74) is 1.66. The molecule has 0 saturated carbocycles. The second-order valence-electron chi connectivity index (χ2n) is 5.09. The van der Waals surface area contributed by atoms with Crippen LogP contribution in [0.25, 0.3) is 0 Å². The maximum atomic E-state index is 12.2. The molecule has 3 rings (SSSR count). The van der Waals surface area contributed by atoms with Gasteiger partial charge in [0.2, 0.25) is 0 Å². The van der Waals surface area contributed by atoms with Gasteiger partial charge in [-0.3, -0.25) is 4.79 Å². The molecule has 0 saturated heterocycles. The van der Waals surface area contributed by atoms with Crippen LogP contribution in [-0.4, -0.2) is 10.9 Å². The Morgan fingerprint density at radius 1 is 1.26 bits per heavy atom. The van der Waals surface area contributed by atoms with Crippen LogP contribution in [0.15, 0.2) is 53.3 Å². The van der Waals surface area contributed by atoms with Crippen molar-refractivity contribution in [1.29, 1.82) is 0 Å². The molecule has 0 aliphatic heterocycles. The molecule has 0 aliphatic rings. The highest BCUT2D eigenvalue weighted by Gasteiger charge is 2.07. The molecule has 0 spiro atoms. The summed E-state index contributed by atoms with van der Waals surface area (Å²) in [5, 5.41) is 6.99. The minimum absolute atomic E-state index is 0.117. The normalized spacial score (nSPS) is 10.5. The first-order valence-electron chi connectivity index (χ1n) is 7.26. The molecule has 2 heterocycles. The fourth-order valence-electron chi connectivity index (χ4n) is 2.12. The third-order valence-corrected chi connectivity index (χ3v) is 4.13. The maximum Gasteiger partial charge on any atom is 0.251 e. The van der Waals surface area contributed by atoms with Crippen LogP contribution in [-0.2, 0) is 13.1 Å². The molecule has 0 fully saturated rings. The molecule has 3 aromatic rings. The summed E-state index contributed by atoms with van der Waals surface area (Å²) in [6.45, 7) is 3.03. The summed E-state index contributed by atoms with van der Waals surface area (Å²) in [7, 11) is 0. The van der Waals surface area contributed by atoms with Crippen LogP contribution >= 0.6 is 11.3 Å². The summed E-state index contributed by atoms with van der Waals surface area (Å²) < 4.78 is 5.20. The predicted molar refractivity (Wildman–Crippen MR) is 90.5 cm³/mol. The van der Waals surface area contributed by atoms with Crippen LogP contribution in [0.1, 0.15) is 26.6 Å². The van der Waals surface area contributed by atoms with Gasteiger partial charge in [0.1, 0.15) is 5.76 Å². The Labute approximate surface area is 138 Å². The number of hydrogen-bond acceptors (Lipinski definition) is 5. The van der Waals surface area contributed by atoms with E-state index in [2.05, 4.69) is 15.6 Å². The molecule has 0 unspecified atom stereocenters. The highest BCUT2D eigenvalue weighted by molar-refractivity contribution is 7.15. The van der Waals surface area contributed by atoms with Gasteiger partial charge in [-0.2, -0.15) is 0 Å². The van der Waals surface area contributed by atoms with E-state index in [0.29, 0.717) is 18.7 Å². The Morgan fingerprint density at radius 3 is 2.91 bits per heavy atom. The van der Waals surface area contributed by atoms with Gasteiger partial charge in [0.25, 0.3) is 5.91 Å². The van der Waals surface area contributed by atoms with Crippen molar-refractivity contribution in [3.63, 3.8) is 0 Å². The molecule has 0 atom stereocenters. The number of carbonyl (C=O) groups is 1. The van der Waals surface area contributed by atoms with E-state index in [0.717, 1.165) is 16.5 Å². The van der Waals surface area contributed by atoms with Gasteiger partial charge in [0.05, 0.1) is 12.8 Å². The zero-order valence-corrected chi connectivity index (χ0v) is 13.5. The number of aryl methyl sites for hydroxylation is 1. The average molecular weight is 327 g/mol. The van der Waals surface area contributed by atoms with E-state index in [9.17, 15) is 4.79 Å². The molecule has 0 aliphatic carbocycles. The first kappa shape index (κ1) is 15.3. The molecule has 1 aromatic carbocycles. The van der Waals surface area contributed by atoms with Crippen LogP contribution in [0.2, 0.25) is 0 Å². The molecular formula is C17H17N3O2S. The van der Waals surface area contributed by atoms with E-state index < -0.39 is 0 Å². The lowest BCUT2D eigenvalue weighted by atomic mass is 10.1. The van der Waals surface area contributed by atoms with E-state index in [-0.39, 0.29) is 5.91 Å². The van der Waals surface area contributed by atoms with Crippen LogP contribution < -0.4 is 10.6 Å². The van der Waals surface area contributed by atoms with Gasteiger partial charge in [-0.15, -0.1) is 11.3 Å². The number of benzene rings is 1. The fourth-order valence-corrected chi connectivity index (χ4v) is 2.78. The van der Waals surface area contributed by atoms with E-state index in [1.807, 2.05) is 37.4 Å². The molecule has 2 N–H and O–H groups in total. The van der Waals surface area contributed by atoms with Crippen LogP contribution in [0.5, 0.6) is 0 Å². The van der Waals surface area contributed by atoms with Gasteiger partial charge < -0.3 is 15.1 Å². The van der Waals surface area contributed by atoms with Gasteiger partial charge in [0, 0.05) is 23.2 Å². The predicted octanol–water partition coefficient (Wildman–Crippen LogP) is 3.59. The Bertz CT molecular complexity index is 781. The lowest BCUT2D eigenvalue weighted by Crippen LogP contribution is -2.22. The van der Waals surface area contributed by atoms with Gasteiger partial charge in [-0.1, -0.05) is 12.1 Å². The van der Waals surface area contributed by atoms with Crippen molar-refractivity contribution in [1.82, 2.24) is 10.3 Å². The number of nitrogens with one attached hydrogen (secondary N) is 2. The number of anilines is 1. The van der Waals surface area contributed by atoms with Crippen molar-refractivity contribution in [3.05, 3.63) is 70.6 Å². The van der Waals surface area contributed by atoms with Crippen LogP contribution in [0.3, 0.4) is 0 Å². The summed E-state index contributed by atoms with van der Waals surface area (Å²) >= 11 is 1.61. The van der Waals surface area contributed by atoms with Gasteiger partial charge in [0.15, 0.2) is 5.13 Å². The minimum Gasteiger partial charge on any atom is -0.467 e. The standard InChI is InChI=1S/C17H17N3O2S/c1-12-9-19-17(23-12)20-10-13-4-2-5-14(8-13)16(21)18-11-15-6-3-7-22-15/h2-9H,10-11H2,1H3,(H,18,21)(H,19,20). The first-order valence-corrected chi connectivity index (χ1v) is 8.08. The van der Waals surface area contributed by atoms with E-state index in [4.69, 9.17) is 4.42 Å². The fraction of sp³-hybridized carbons (Fsp3) is 0.176. The molecule has 2 aromatic heterocycles. The Hall–Kier alpha value is -2.60. The molecule has 6 heteroatoms. The largest absolute Gasteiger partial charge is 0.467 e. The molecule has 0 bridgehead atoms. The highest BCUT2D eigenvalue weighted by atomic mass is 32.1. The lowest BCUT2D eigenvalue weighted by molar-refractivity contribution is 0.0948. The topological polar surface area (TPSA) is 67.2 Å². The second-order valence-corrected chi connectivity index (χ2v) is 6.33. The number of rotatable bonds is 6. The van der Waals surface area contributed by atoms with Crippen molar-refractivity contribution >= 4 is 22.4 Å². The van der Waals surface area contributed by atoms with Crippen molar-refractivity contribution in [2.75, 3.05) is 5.32 Å². The summed E-state index contributed by atoms with van der Waals surface area (Å²) in [6.07, 6.45) is 3.43. The van der Waals surface area contributed by atoms with Gasteiger partial charge in [-0.05, 0) is 36.8 Å². The van der Waals surface area contributed by atoms with Crippen molar-refractivity contribution in [3.8, 4) is 0 Å². The minimum atomic E-state index is -0.117.